The molecule has 0 amide bonds. The van der Waals surface area contributed by atoms with Gasteiger partial charge in [-0.05, 0) is 46.8 Å². The molecule has 0 radical (unpaired) electrons. The van der Waals surface area contributed by atoms with E-state index in [0.717, 1.165) is 18.4 Å². The third-order valence-corrected chi connectivity index (χ3v) is 4.58. The first-order valence-electron chi connectivity index (χ1n) is 6.06. The van der Waals surface area contributed by atoms with Crippen LogP contribution in [0.2, 0.25) is 0 Å². The third kappa shape index (κ3) is 2.26. The highest BCUT2D eigenvalue weighted by molar-refractivity contribution is 9.10. The van der Waals surface area contributed by atoms with Gasteiger partial charge in [0.25, 0.3) is 0 Å². The first-order chi connectivity index (χ1) is 8.24. The Morgan fingerprint density at radius 3 is 3.00 bits per heavy atom. The van der Waals surface area contributed by atoms with E-state index in [1.165, 1.54) is 12.5 Å². The summed E-state index contributed by atoms with van der Waals surface area (Å²) < 4.78 is 19.7. The van der Waals surface area contributed by atoms with E-state index in [1.807, 2.05) is 6.07 Å². The molecule has 0 saturated carbocycles. The molecule has 2 fully saturated rings. The first kappa shape index (κ1) is 11.6. The maximum absolute atomic E-state index is 13.3. The summed E-state index contributed by atoms with van der Waals surface area (Å²) in [4.78, 5) is 0. The standard InChI is InChI=1S/C13H15BrFNO/c14-13-8(2-1-3-10(13)15)7-16-11-6-9-4-5-12(11)17-9/h1-3,9,11-12,16H,4-7H2. The Morgan fingerprint density at radius 2 is 2.29 bits per heavy atom. The van der Waals surface area contributed by atoms with E-state index in [9.17, 15) is 4.39 Å². The van der Waals surface area contributed by atoms with Gasteiger partial charge in [0.15, 0.2) is 0 Å². The van der Waals surface area contributed by atoms with Crippen LogP contribution in [0, 0.1) is 5.82 Å². The van der Waals surface area contributed by atoms with Crippen LogP contribution in [0.4, 0.5) is 4.39 Å². The van der Waals surface area contributed by atoms with Crippen molar-refractivity contribution in [3.05, 3.63) is 34.1 Å². The second kappa shape index (κ2) is 4.67. The molecule has 3 unspecified atom stereocenters. The molecule has 92 valence electrons. The van der Waals surface area contributed by atoms with Crippen LogP contribution in [-0.2, 0) is 11.3 Å². The minimum absolute atomic E-state index is 0.200. The van der Waals surface area contributed by atoms with Crippen LogP contribution in [0.15, 0.2) is 22.7 Å². The van der Waals surface area contributed by atoms with Gasteiger partial charge in [-0.1, -0.05) is 12.1 Å². The van der Waals surface area contributed by atoms with E-state index in [-0.39, 0.29) is 5.82 Å². The minimum Gasteiger partial charge on any atom is -0.373 e. The molecule has 4 heteroatoms. The molecule has 2 nitrogen and oxygen atoms in total. The average molecular weight is 300 g/mol. The van der Waals surface area contributed by atoms with Gasteiger partial charge in [-0.2, -0.15) is 0 Å². The van der Waals surface area contributed by atoms with Crippen molar-refractivity contribution in [2.45, 2.75) is 44.1 Å². The molecule has 3 atom stereocenters. The van der Waals surface area contributed by atoms with Gasteiger partial charge in [0.1, 0.15) is 5.82 Å². The predicted molar refractivity (Wildman–Crippen MR) is 67.2 cm³/mol. The summed E-state index contributed by atoms with van der Waals surface area (Å²) in [5.41, 5.74) is 0.966. The van der Waals surface area contributed by atoms with Crippen molar-refractivity contribution in [1.82, 2.24) is 5.32 Å². The van der Waals surface area contributed by atoms with Crippen molar-refractivity contribution >= 4 is 15.9 Å². The van der Waals surface area contributed by atoms with Crippen molar-refractivity contribution in [2.75, 3.05) is 0 Å². The second-order valence-corrected chi connectivity index (χ2v) is 5.60. The van der Waals surface area contributed by atoms with Crippen molar-refractivity contribution in [2.24, 2.45) is 0 Å². The number of hydrogen-bond donors (Lipinski definition) is 1. The lowest BCUT2D eigenvalue weighted by Crippen LogP contribution is -2.37. The molecule has 17 heavy (non-hydrogen) atoms. The fourth-order valence-electron chi connectivity index (χ4n) is 2.78. The Bertz CT molecular complexity index is 426. The molecule has 0 spiro atoms. The number of benzene rings is 1. The summed E-state index contributed by atoms with van der Waals surface area (Å²) in [6, 6.07) is 5.58. The molecule has 2 saturated heterocycles. The zero-order chi connectivity index (χ0) is 11.8. The molecule has 3 rings (SSSR count). The largest absolute Gasteiger partial charge is 0.373 e. The molecule has 0 aliphatic carbocycles. The van der Waals surface area contributed by atoms with Gasteiger partial charge < -0.3 is 10.1 Å². The summed E-state index contributed by atoms with van der Waals surface area (Å²) in [7, 11) is 0. The van der Waals surface area contributed by atoms with E-state index in [4.69, 9.17) is 4.74 Å². The number of ether oxygens (including phenoxy) is 1. The smallest absolute Gasteiger partial charge is 0.137 e. The van der Waals surface area contributed by atoms with E-state index < -0.39 is 0 Å². The van der Waals surface area contributed by atoms with Crippen molar-refractivity contribution < 1.29 is 9.13 Å². The Balaban J connectivity index is 1.62. The zero-order valence-corrected chi connectivity index (χ0v) is 11.0. The van der Waals surface area contributed by atoms with E-state index in [1.54, 1.807) is 6.07 Å². The molecule has 1 aromatic rings. The molecule has 2 aliphatic heterocycles. The van der Waals surface area contributed by atoms with Crippen LogP contribution in [0.1, 0.15) is 24.8 Å². The maximum atomic E-state index is 13.3. The Morgan fingerprint density at radius 1 is 1.41 bits per heavy atom. The van der Waals surface area contributed by atoms with Gasteiger partial charge in [0.2, 0.25) is 0 Å². The quantitative estimate of drug-likeness (QED) is 0.926. The molecule has 2 heterocycles. The fourth-order valence-corrected chi connectivity index (χ4v) is 3.18. The summed E-state index contributed by atoms with van der Waals surface area (Å²) in [6.07, 6.45) is 4.28. The van der Waals surface area contributed by atoms with Gasteiger partial charge in [0, 0.05) is 12.6 Å². The highest BCUT2D eigenvalue weighted by atomic mass is 79.9. The first-order valence-corrected chi connectivity index (χ1v) is 6.85. The van der Waals surface area contributed by atoms with Crippen LogP contribution in [0.5, 0.6) is 0 Å². The SMILES string of the molecule is Fc1cccc(CNC2CC3CCC2O3)c1Br. The molecule has 1 aromatic carbocycles. The van der Waals surface area contributed by atoms with Crippen molar-refractivity contribution in [3.8, 4) is 0 Å². The van der Waals surface area contributed by atoms with Crippen LogP contribution in [0.25, 0.3) is 0 Å². The summed E-state index contributed by atoms with van der Waals surface area (Å²) in [5.74, 6) is -0.200. The number of halogens is 2. The molecule has 2 bridgehead atoms. The van der Waals surface area contributed by atoms with Gasteiger partial charge in [-0.3, -0.25) is 0 Å². The Kier molecular flexibility index (Phi) is 3.19. The molecule has 1 N–H and O–H groups in total. The van der Waals surface area contributed by atoms with Crippen molar-refractivity contribution in [1.29, 1.82) is 0 Å². The second-order valence-electron chi connectivity index (χ2n) is 4.81. The van der Waals surface area contributed by atoms with E-state index in [0.29, 0.717) is 29.3 Å². The third-order valence-electron chi connectivity index (χ3n) is 3.69. The molecule has 2 aliphatic rings. The van der Waals surface area contributed by atoms with Crippen LogP contribution < -0.4 is 5.32 Å². The average Bonchev–Trinajstić information content (AvgIpc) is 2.93. The molecular formula is C13H15BrFNO. The highest BCUT2D eigenvalue weighted by Gasteiger charge is 2.40. The van der Waals surface area contributed by atoms with Crippen LogP contribution >= 0.6 is 15.9 Å². The topological polar surface area (TPSA) is 21.3 Å². The maximum Gasteiger partial charge on any atom is 0.137 e. The number of rotatable bonds is 3. The highest BCUT2D eigenvalue weighted by Crippen LogP contribution is 2.34. The van der Waals surface area contributed by atoms with E-state index in [2.05, 4.69) is 21.2 Å². The monoisotopic (exact) mass is 299 g/mol. The fraction of sp³-hybridized carbons (Fsp3) is 0.538. The van der Waals surface area contributed by atoms with Crippen LogP contribution in [0.3, 0.4) is 0 Å². The number of fused-ring (bicyclic) bond motifs is 2. The Labute approximate surface area is 109 Å². The lowest BCUT2D eigenvalue weighted by molar-refractivity contribution is 0.0973. The van der Waals surface area contributed by atoms with Gasteiger partial charge in [0.05, 0.1) is 16.7 Å². The molecule has 0 aromatic heterocycles. The lowest BCUT2D eigenvalue weighted by Gasteiger charge is -2.20. The van der Waals surface area contributed by atoms with Gasteiger partial charge in [-0.25, -0.2) is 4.39 Å². The van der Waals surface area contributed by atoms with E-state index >= 15 is 0 Å². The molecular weight excluding hydrogens is 285 g/mol. The predicted octanol–water partition coefficient (Wildman–Crippen LogP) is 3.00. The summed E-state index contributed by atoms with van der Waals surface area (Å²) in [5, 5.41) is 3.48. The summed E-state index contributed by atoms with van der Waals surface area (Å²) in [6.45, 7) is 0.690. The van der Waals surface area contributed by atoms with Crippen LogP contribution in [-0.4, -0.2) is 18.2 Å². The normalized spacial score (nSPS) is 31.1. The zero-order valence-electron chi connectivity index (χ0n) is 9.46. The number of nitrogens with one attached hydrogen (secondary N) is 1. The van der Waals surface area contributed by atoms with Crippen molar-refractivity contribution in [3.63, 3.8) is 0 Å². The number of hydrogen-bond acceptors (Lipinski definition) is 2. The minimum atomic E-state index is -0.200. The van der Waals surface area contributed by atoms with Gasteiger partial charge in [-0.15, -0.1) is 0 Å². The Hall–Kier alpha value is -0.450. The summed E-state index contributed by atoms with van der Waals surface area (Å²) >= 11 is 3.28. The van der Waals surface area contributed by atoms with Gasteiger partial charge >= 0.3 is 0 Å². The lowest BCUT2D eigenvalue weighted by atomic mass is 9.95.